The minimum absolute atomic E-state index is 0.0836. The third kappa shape index (κ3) is 2.52. The minimum atomic E-state index is -0.151. The van der Waals surface area contributed by atoms with Crippen LogP contribution in [-0.2, 0) is 0 Å². The van der Waals surface area contributed by atoms with E-state index in [0.717, 1.165) is 43.6 Å². The van der Waals surface area contributed by atoms with Crippen molar-refractivity contribution in [2.45, 2.75) is 0 Å². The second-order valence-electron chi connectivity index (χ2n) is 7.63. The smallest absolute Gasteiger partial charge is 0.182 e. The number of hydrogen-bond acceptors (Lipinski definition) is 4. The van der Waals surface area contributed by atoms with E-state index in [4.69, 9.17) is 4.42 Å². The molecule has 4 heteroatoms. The average Bonchev–Trinajstić information content (AvgIpc) is 2.78. The van der Waals surface area contributed by atoms with E-state index < -0.39 is 0 Å². The zero-order valence-corrected chi connectivity index (χ0v) is 16.3. The predicted molar refractivity (Wildman–Crippen MR) is 123 cm³/mol. The number of rotatable bonds is 1. The number of aromatic hydroxyl groups is 2. The summed E-state index contributed by atoms with van der Waals surface area (Å²) >= 11 is 0. The Morgan fingerprint density at radius 1 is 0.613 bits per heavy atom. The number of fused-ring (bicyclic) bond motifs is 4. The molecule has 0 amide bonds. The Balaban J connectivity index is 1.93. The monoisotopic (exact) mass is 404 g/mol. The SMILES string of the molecule is O=c1ccc2c(-c3c4ccccc4c(O)c4ccccc34)c3ccc(O)cc3oc-2c1. The van der Waals surface area contributed by atoms with Crippen molar-refractivity contribution in [3.05, 3.63) is 95.2 Å². The fraction of sp³-hybridized carbons (Fsp3) is 0. The summed E-state index contributed by atoms with van der Waals surface area (Å²) in [5.74, 6) is 0.769. The van der Waals surface area contributed by atoms with Crippen molar-refractivity contribution >= 4 is 32.5 Å². The molecule has 0 fully saturated rings. The highest BCUT2D eigenvalue weighted by Gasteiger charge is 2.22. The number of benzene rings is 5. The van der Waals surface area contributed by atoms with Gasteiger partial charge in [-0.3, -0.25) is 4.79 Å². The highest BCUT2D eigenvalue weighted by atomic mass is 16.3. The number of hydrogen-bond donors (Lipinski definition) is 2. The highest BCUT2D eigenvalue weighted by molar-refractivity contribution is 6.21. The number of phenolic OH excluding ortho intramolecular Hbond substituents is 2. The fourth-order valence-electron chi connectivity index (χ4n) is 4.50. The zero-order valence-electron chi connectivity index (χ0n) is 16.3. The van der Waals surface area contributed by atoms with Gasteiger partial charge in [0.15, 0.2) is 5.43 Å². The molecule has 1 aliphatic carbocycles. The van der Waals surface area contributed by atoms with Gasteiger partial charge >= 0.3 is 0 Å². The first-order valence-corrected chi connectivity index (χ1v) is 9.94. The summed E-state index contributed by atoms with van der Waals surface area (Å²) in [7, 11) is 0. The van der Waals surface area contributed by atoms with Crippen molar-refractivity contribution in [1.29, 1.82) is 0 Å². The molecule has 0 aromatic heterocycles. The van der Waals surface area contributed by atoms with E-state index in [2.05, 4.69) is 0 Å². The van der Waals surface area contributed by atoms with Crippen LogP contribution in [0.2, 0.25) is 0 Å². The molecule has 2 aliphatic rings. The molecule has 1 aliphatic heterocycles. The molecule has 4 aromatic rings. The molecule has 0 bridgehead atoms. The lowest BCUT2D eigenvalue weighted by atomic mass is 9.86. The van der Waals surface area contributed by atoms with Gasteiger partial charge in [-0.25, -0.2) is 0 Å². The molecule has 0 saturated carbocycles. The van der Waals surface area contributed by atoms with Crippen LogP contribution in [-0.4, -0.2) is 10.2 Å². The van der Waals surface area contributed by atoms with E-state index >= 15 is 0 Å². The van der Waals surface area contributed by atoms with E-state index in [-0.39, 0.29) is 16.9 Å². The fourth-order valence-corrected chi connectivity index (χ4v) is 4.50. The maximum atomic E-state index is 12.1. The third-order valence-corrected chi connectivity index (χ3v) is 5.83. The molecule has 6 rings (SSSR count). The Hall–Kier alpha value is -4.31. The molecule has 2 N–H and O–H groups in total. The normalized spacial score (nSPS) is 11.6. The van der Waals surface area contributed by atoms with Gasteiger partial charge in [0.05, 0.1) is 0 Å². The first kappa shape index (κ1) is 17.5. The molecule has 4 nitrogen and oxygen atoms in total. The quantitative estimate of drug-likeness (QED) is 0.316. The molecule has 0 spiro atoms. The van der Waals surface area contributed by atoms with Crippen molar-refractivity contribution < 1.29 is 14.6 Å². The van der Waals surface area contributed by atoms with Gasteiger partial charge in [-0.05, 0) is 40.6 Å². The van der Waals surface area contributed by atoms with E-state index in [0.29, 0.717) is 11.3 Å². The second-order valence-corrected chi connectivity index (χ2v) is 7.63. The predicted octanol–water partition coefficient (Wildman–Crippen LogP) is 6.28. The van der Waals surface area contributed by atoms with Gasteiger partial charge < -0.3 is 14.6 Å². The van der Waals surface area contributed by atoms with Crippen LogP contribution in [0, 0.1) is 0 Å². The van der Waals surface area contributed by atoms with Gasteiger partial charge in [-0.2, -0.15) is 0 Å². The van der Waals surface area contributed by atoms with Crippen LogP contribution in [0.5, 0.6) is 11.5 Å². The molecular formula is C27H16O4. The van der Waals surface area contributed by atoms with Gasteiger partial charge in [-0.15, -0.1) is 0 Å². The summed E-state index contributed by atoms with van der Waals surface area (Å²) in [5, 5.41) is 25.1. The Labute approximate surface area is 176 Å². The summed E-state index contributed by atoms with van der Waals surface area (Å²) in [6, 6.07) is 25.2. The molecule has 0 saturated heterocycles. The van der Waals surface area contributed by atoms with Gasteiger partial charge in [0.2, 0.25) is 0 Å². The number of phenols is 2. The highest BCUT2D eigenvalue weighted by Crippen LogP contribution is 2.48. The maximum absolute atomic E-state index is 12.1. The summed E-state index contributed by atoms with van der Waals surface area (Å²) in [4.78, 5) is 12.1. The van der Waals surface area contributed by atoms with Gasteiger partial charge in [-0.1, -0.05) is 48.5 Å². The van der Waals surface area contributed by atoms with Crippen molar-refractivity contribution in [1.82, 2.24) is 0 Å². The van der Waals surface area contributed by atoms with Crippen molar-refractivity contribution in [3.8, 4) is 33.9 Å². The largest absolute Gasteiger partial charge is 0.508 e. The van der Waals surface area contributed by atoms with E-state index in [9.17, 15) is 15.0 Å². The Bertz CT molecular complexity index is 1620. The van der Waals surface area contributed by atoms with E-state index in [1.807, 2.05) is 54.6 Å². The van der Waals surface area contributed by atoms with Crippen LogP contribution in [0.3, 0.4) is 0 Å². The molecule has 1 heterocycles. The van der Waals surface area contributed by atoms with Gasteiger partial charge in [0.25, 0.3) is 0 Å². The van der Waals surface area contributed by atoms with Crippen molar-refractivity contribution in [3.63, 3.8) is 0 Å². The topological polar surface area (TPSA) is 70.7 Å². The lowest BCUT2D eigenvalue weighted by Gasteiger charge is -2.19. The van der Waals surface area contributed by atoms with Crippen LogP contribution in [0.4, 0.5) is 0 Å². The second kappa shape index (κ2) is 6.34. The molecule has 148 valence electrons. The lowest BCUT2D eigenvalue weighted by Crippen LogP contribution is -2.00. The molecular weight excluding hydrogens is 388 g/mol. The summed E-state index contributed by atoms with van der Waals surface area (Å²) < 4.78 is 6.01. The van der Waals surface area contributed by atoms with Crippen LogP contribution >= 0.6 is 0 Å². The van der Waals surface area contributed by atoms with Crippen LogP contribution < -0.4 is 5.43 Å². The van der Waals surface area contributed by atoms with Crippen molar-refractivity contribution in [2.24, 2.45) is 0 Å². The summed E-state index contributed by atoms with van der Waals surface area (Å²) in [6.45, 7) is 0. The Morgan fingerprint density at radius 2 is 1.26 bits per heavy atom. The molecule has 0 unspecified atom stereocenters. The summed E-state index contributed by atoms with van der Waals surface area (Å²) in [6.07, 6.45) is 0. The minimum Gasteiger partial charge on any atom is -0.508 e. The lowest BCUT2D eigenvalue weighted by molar-refractivity contribution is 0.474. The van der Waals surface area contributed by atoms with Crippen molar-refractivity contribution in [2.75, 3.05) is 0 Å². The van der Waals surface area contributed by atoms with Gasteiger partial charge in [0.1, 0.15) is 22.8 Å². The van der Waals surface area contributed by atoms with Crippen LogP contribution in [0.1, 0.15) is 0 Å². The Kier molecular flexibility index (Phi) is 3.59. The maximum Gasteiger partial charge on any atom is 0.182 e. The van der Waals surface area contributed by atoms with Gasteiger partial charge in [0, 0.05) is 39.4 Å². The standard InChI is InChI=1S/C27H16O4/c28-15-9-11-21-23(13-15)31-24-14-16(29)10-12-22(24)26(21)25-17-5-1-3-7-19(17)27(30)20-8-4-2-6-18(20)25/h1-14,28,30H. The zero-order chi connectivity index (χ0) is 21.1. The molecule has 0 atom stereocenters. The molecule has 4 aromatic carbocycles. The molecule has 0 radical (unpaired) electrons. The third-order valence-electron chi connectivity index (χ3n) is 5.83. The van der Waals surface area contributed by atoms with Crippen LogP contribution in [0.25, 0.3) is 55.0 Å². The first-order valence-electron chi connectivity index (χ1n) is 9.94. The van der Waals surface area contributed by atoms with E-state index in [1.54, 1.807) is 18.2 Å². The van der Waals surface area contributed by atoms with E-state index in [1.165, 1.54) is 12.1 Å². The Morgan fingerprint density at radius 3 is 1.94 bits per heavy atom. The summed E-state index contributed by atoms with van der Waals surface area (Å²) in [5.41, 5.74) is 2.96. The molecule has 31 heavy (non-hydrogen) atoms. The average molecular weight is 404 g/mol. The van der Waals surface area contributed by atoms with Crippen LogP contribution in [0.15, 0.2) is 94.1 Å². The first-order chi connectivity index (χ1) is 15.1.